The van der Waals surface area contributed by atoms with Crippen LogP contribution in [-0.2, 0) is 4.79 Å². The summed E-state index contributed by atoms with van der Waals surface area (Å²) in [5, 5.41) is 11.6. The van der Waals surface area contributed by atoms with Crippen molar-refractivity contribution in [2.45, 2.75) is 32.2 Å². The molecular weight excluding hydrogens is 240 g/mol. The Balaban J connectivity index is 1.71. The van der Waals surface area contributed by atoms with Crippen molar-refractivity contribution in [1.29, 1.82) is 5.26 Å². The van der Waals surface area contributed by atoms with Gasteiger partial charge in [0.1, 0.15) is 5.75 Å². The lowest BCUT2D eigenvalue weighted by Crippen LogP contribution is -2.36. The highest BCUT2D eigenvalue weighted by molar-refractivity contribution is 5.77. The molecular formula is C15H18N2O2. The number of hydrogen-bond donors (Lipinski definition) is 1. The highest BCUT2D eigenvalue weighted by Gasteiger charge is 2.24. The second-order valence-electron chi connectivity index (χ2n) is 5.07. The van der Waals surface area contributed by atoms with Gasteiger partial charge in [0.15, 0.2) is 6.61 Å². The maximum atomic E-state index is 11.7. The third kappa shape index (κ3) is 4.63. The minimum atomic E-state index is -0.0995. The van der Waals surface area contributed by atoms with Crippen LogP contribution in [0.25, 0.3) is 0 Å². The molecule has 0 bridgehead atoms. The summed E-state index contributed by atoms with van der Waals surface area (Å²) in [7, 11) is 0. The van der Waals surface area contributed by atoms with Gasteiger partial charge in [0, 0.05) is 6.04 Å². The van der Waals surface area contributed by atoms with Crippen LogP contribution in [0.5, 0.6) is 5.75 Å². The fourth-order valence-electron chi connectivity index (χ4n) is 2.00. The lowest BCUT2D eigenvalue weighted by atomic mass is 10.1. The molecule has 1 aromatic rings. The maximum Gasteiger partial charge on any atom is 0.258 e. The summed E-state index contributed by atoms with van der Waals surface area (Å²) in [6, 6.07) is 8.97. The Labute approximate surface area is 113 Å². The summed E-state index contributed by atoms with van der Waals surface area (Å²) in [4.78, 5) is 11.7. The first-order valence-electron chi connectivity index (χ1n) is 6.59. The molecule has 1 aliphatic rings. The summed E-state index contributed by atoms with van der Waals surface area (Å²) < 4.78 is 5.37. The van der Waals surface area contributed by atoms with Gasteiger partial charge in [-0.1, -0.05) is 12.8 Å². The van der Waals surface area contributed by atoms with Crippen molar-refractivity contribution in [3.8, 4) is 11.8 Å². The molecule has 1 aliphatic carbocycles. The smallest absolute Gasteiger partial charge is 0.258 e. The van der Waals surface area contributed by atoms with Crippen molar-refractivity contribution in [3.63, 3.8) is 0 Å². The number of carbonyl (C=O) groups is 1. The van der Waals surface area contributed by atoms with E-state index in [1.807, 2.05) is 13.0 Å². The van der Waals surface area contributed by atoms with Crippen molar-refractivity contribution in [1.82, 2.24) is 5.32 Å². The minimum absolute atomic E-state index is 0.0148. The Bertz CT molecular complexity index is 472. The molecule has 0 radical (unpaired) electrons. The highest BCUT2D eigenvalue weighted by Crippen LogP contribution is 2.33. The van der Waals surface area contributed by atoms with Crippen molar-refractivity contribution >= 4 is 5.91 Å². The minimum Gasteiger partial charge on any atom is -0.484 e. The molecule has 1 atom stereocenters. The molecule has 1 N–H and O–H groups in total. The van der Waals surface area contributed by atoms with E-state index in [1.54, 1.807) is 24.3 Å². The fraction of sp³-hybridized carbons (Fsp3) is 0.467. The lowest BCUT2D eigenvalue weighted by Gasteiger charge is -2.13. The van der Waals surface area contributed by atoms with Gasteiger partial charge in [-0.2, -0.15) is 5.26 Å². The lowest BCUT2D eigenvalue weighted by molar-refractivity contribution is -0.123. The van der Waals surface area contributed by atoms with E-state index in [-0.39, 0.29) is 18.6 Å². The first-order valence-corrected chi connectivity index (χ1v) is 6.59. The summed E-state index contributed by atoms with van der Waals surface area (Å²) in [6.45, 7) is 2.04. The van der Waals surface area contributed by atoms with E-state index in [0.717, 1.165) is 12.3 Å². The number of carbonyl (C=O) groups excluding carboxylic acids is 1. The average molecular weight is 258 g/mol. The normalized spacial score (nSPS) is 15.4. The van der Waals surface area contributed by atoms with Gasteiger partial charge < -0.3 is 10.1 Å². The number of hydrogen-bond acceptors (Lipinski definition) is 3. The van der Waals surface area contributed by atoms with Crippen LogP contribution < -0.4 is 10.1 Å². The maximum absolute atomic E-state index is 11.7. The van der Waals surface area contributed by atoms with Crippen LogP contribution in [0.1, 0.15) is 31.7 Å². The SMILES string of the molecule is CC(CC1CC1)NC(=O)COc1ccc(C#N)cc1. The van der Waals surface area contributed by atoms with E-state index in [2.05, 4.69) is 5.32 Å². The largest absolute Gasteiger partial charge is 0.484 e. The summed E-state index contributed by atoms with van der Waals surface area (Å²) in [6.07, 6.45) is 3.65. The molecule has 2 rings (SSSR count). The van der Waals surface area contributed by atoms with Gasteiger partial charge in [0.25, 0.3) is 5.91 Å². The van der Waals surface area contributed by atoms with Crippen LogP contribution >= 0.6 is 0 Å². The number of ether oxygens (including phenoxy) is 1. The van der Waals surface area contributed by atoms with E-state index < -0.39 is 0 Å². The quantitative estimate of drug-likeness (QED) is 0.851. The van der Waals surface area contributed by atoms with Gasteiger partial charge in [-0.3, -0.25) is 4.79 Å². The molecule has 0 aromatic heterocycles. The van der Waals surface area contributed by atoms with E-state index in [9.17, 15) is 4.79 Å². The van der Waals surface area contributed by atoms with Crippen molar-refractivity contribution < 1.29 is 9.53 Å². The number of benzene rings is 1. The third-order valence-corrected chi connectivity index (χ3v) is 3.14. The number of amides is 1. The van der Waals surface area contributed by atoms with Gasteiger partial charge in [-0.25, -0.2) is 0 Å². The molecule has 0 aliphatic heterocycles. The van der Waals surface area contributed by atoms with Gasteiger partial charge in [-0.05, 0) is 43.5 Å². The topological polar surface area (TPSA) is 62.1 Å². The molecule has 4 nitrogen and oxygen atoms in total. The zero-order chi connectivity index (χ0) is 13.7. The zero-order valence-corrected chi connectivity index (χ0v) is 11.1. The predicted octanol–water partition coefficient (Wildman–Crippen LogP) is 2.24. The molecule has 0 saturated heterocycles. The molecule has 1 fully saturated rings. The molecule has 100 valence electrons. The van der Waals surface area contributed by atoms with Crippen LogP contribution in [0.3, 0.4) is 0 Å². The molecule has 1 amide bonds. The zero-order valence-electron chi connectivity index (χ0n) is 11.1. The Hall–Kier alpha value is -2.02. The molecule has 19 heavy (non-hydrogen) atoms. The molecule has 1 aromatic carbocycles. The molecule has 1 saturated carbocycles. The molecule has 4 heteroatoms. The Morgan fingerprint density at radius 2 is 2.16 bits per heavy atom. The van der Waals surface area contributed by atoms with Gasteiger partial charge in [-0.15, -0.1) is 0 Å². The van der Waals surface area contributed by atoms with E-state index in [4.69, 9.17) is 10.00 Å². The van der Waals surface area contributed by atoms with Crippen molar-refractivity contribution in [2.75, 3.05) is 6.61 Å². The van der Waals surface area contributed by atoms with Crippen LogP contribution in [0, 0.1) is 17.2 Å². The van der Waals surface area contributed by atoms with Gasteiger partial charge in [0.05, 0.1) is 11.6 Å². The van der Waals surface area contributed by atoms with Gasteiger partial charge >= 0.3 is 0 Å². The predicted molar refractivity (Wildman–Crippen MR) is 71.6 cm³/mol. The summed E-state index contributed by atoms with van der Waals surface area (Å²) >= 11 is 0. The van der Waals surface area contributed by atoms with Crippen LogP contribution in [-0.4, -0.2) is 18.6 Å². The first-order chi connectivity index (χ1) is 9.17. The van der Waals surface area contributed by atoms with Crippen LogP contribution in [0.15, 0.2) is 24.3 Å². The molecule has 0 heterocycles. The second kappa shape index (κ2) is 6.24. The van der Waals surface area contributed by atoms with E-state index in [1.165, 1.54) is 12.8 Å². The van der Waals surface area contributed by atoms with Crippen LogP contribution in [0.2, 0.25) is 0 Å². The summed E-state index contributed by atoms with van der Waals surface area (Å²) in [5.41, 5.74) is 0.579. The number of rotatable bonds is 6. The van der Waals surface area contributed by atoms with Gasteiger partial charge in [0.2, 0.25) is 0 Å². The Kier molecular flexibility index (Phi) is 4.40. The number of nitriles is 1. The molecule has 0 spiro atoms. The first kappa shape index (κ1) is 13.4. The van der Waals surface area contributed by atoms with E-state index >= 15 is 0 Å². The Morgan fingerprint density at radius 3 is 2.74 bits per heavy atom. The Morgan fingerprint density at radius 1 is 1.47 bits per heavy atom. The average Bonchev–Trinajstić information content (AvgIpc) is 3.20. The molecule has 1 unspecified atom stereocenters. The van der Waals surface area contributed by atoms with E-state index in [0.29, 0.717) is 11.3 Å². The number of nitrogens with one attached hydrogen (secondary N) is 1. The number of nitrogens with zero attached hydrogens (tertiary/aromatic N) is 1. The third-order valence-electron chi connectivity index (χ3n) is 3.14. The second-order valence-corrected chi connectivity index (χ2v) is 5.07. The highest BCUT2D eigenvalue weighted by atomic mass is 16.5. The van der Waals surface area contributed by atoms with Crippen molar-refractivity contribution in [3.05, 3.63) is 29.8 Å². The van der Waals surface area contributed by atoms with Crippen molar-refractivity contribution in [2.24, 2.45) is 5.92 Å². The monoisotopic (exact) mass is 258 g/mol. The standard InChI is InChI=1S/C15H18N2O2/c1-11(8-12-2-3-12)17-15(18)10-19-14-6-4-13(9-16)5-7-14/h4-7,11-12H,2-3,8,10H2,1H3,(H,17,18). The fourth-order valence-corrected chi connectivity index (χ4v) is 2.00. The summed E-state index contributed by atoms with van der Waals surface area (Å²) in [5.74, 6) is 1.30. The van der Waals surface area contributed by atoms with Crippen LogP contribution in [0.4, 0.5) is 0 Å².